The van der Waals surface area contributed by atoms with E-state index in [9.17, 15) is 9.59 Å². The van der Waals surface area contributed by atoms with Gasteiger partial charge in [0.05, 0.1) is 12.1 Å². The van der Waals surface area contributed by atoms with E-state index >= 15 is 0 Å². The van der Waals surface area contributed by atoms with Crippen molar-refractivity contribution in [1.29, 1.82) is 0 Å². The molecule has 2 amide bonds. The fourth-order valence-corrected chi connectivity index (χ4v) is 3.21. The molecule has 6 heteroatoms. The van der Waals surface area contributed by atoms with Crippen LogP contribution in [0, 0.1) is 0 Å². The number of aryl methyl sites for hydroxylation is 1. The van der Waals surface area contributed by atoms with Crippen LogP contribution in [0.4, 0.5) is 5.69 Å². The standard InChI is InChI=1S/C17H17N3O2S/c1-2-16(21)20-7-3-4-12-8-13(5-6-15(12)20)17(22)19-10-14-9-18-11-23-14/h2,5-6,8-9,11H,1,3-4,7,10H2,(H,19,22). The molecule has 0 aliphatic carbocycles. The fraction of sp³-hybridized carbons (Fsp3) is 0.235. The molecule has 0 saturated heterocycles. The van der Waals surface area contributed by atoms with Crippen molar-refractivity contribution in [2.45, 2.75) is 19.4 Å². The molecule has 2 aromatic rings. The van der Waals surface area contributed by atoms with Gasteiger partial charge in [0.15, 0.2) is 0 Å². The lowest BCUT2D eigenvalue weighted by Gasteiger charge is -2.28. The highest BCUT2D eigenvalue weighted by atomic mass is 32.1. The Balaban J connectivity index is 1.76. The van der Waals surface area contributed by atoms with Crippen LogP contribution in [0.3, 0.4) is 0 Å². The van der Waals surface area contributed by atoms with Gasteiger partial charge in [-0.05, 0) is 42.7 Å². The molecule has 0 radical (unpaired) electrons. The van der Waals surface area contributed by atoms with Gasteiger partial charge in [0.2, 0.25) is 5.91 Å². The Kier molecular flexibility index (Phi) is 4.52. The molecule has 0 spiro atoms. The summed E-state index contributed by atoms with van der Waals surface area (Å²) in [6, 6.07) is 5.48. The molecule has 0 atom stereocenters. The topological polar surface area (TPSA) is 62.3 Å². The van der Waals surface area contributed by atoms with Crippen LogP contribution in [-0.2, 0) is 17.8 Å². The summed E-state index contributed by atoms with van der Waals surface area (Å²) >= 11 is 1.51. The minimum absolute atomic E-state index is 0.103. The summed E-state index contributed by atoms with van der Waals surface area (Å²) in [5, 5.41) is 2.89. The molecule has 1 aromatic heterocycles. The van der Waals surface area contributed by atoms with Gasteiger partial charge in [0, 0.05) is 28.9 Å². The van der Waals surface area contributed by atoms with E-state index < -0.39 is 0 Å². The van der Waals surface area contributed by atoms with Gasteiger partial charge < -0.3 is 10.2 Å². The third-order valence-electron chi connectivity index (χ3n) is 3.81. The molecular weight excluding hydrogens is 310 g/mol. The van der Waals surface area contributed by atoms with Gasteiger partial charge in [-0.2, -0.15) is 0 Å². The quantitative estimate of drug-likeness (QED) is 0.878. The first-order valence-corrected chi connectivity index (χ1v) is 8.29. The number of carbonyl (C=O) groups excluding carboxylic acids is 2. The predicted molar refractivity (Wildman–Crippen MR) is 90.6 cm³/mol. The largest absolute Gasteiger partial charge is 0.347 e. The van der Waals surface area contributed by atoms with Crippen molar-refractivity contribution in [3.63, 3.8) is 0 Å². The second kappa shape index (κ2) is 6.75. The Morgan fingerprint density at radius 2 is 2.30 bits per heavy atom. The second-order valence-corrected chi connectivity index (χ2v) is 6.26. The molecule has 0 saturated carbocycles. The number of hydrogen-bond acceptors (Lipinski definition) is 4. The molecule has 1 aromatic carbocycles. The van der Waals surface area contributed by atoms with Crippen LogP contribution in [0.1, 0.15) is 27.2 Å². The molecule has 0 unspecified atom stereocenters. The normalized spacial score (nSPS) is 13.3. The van der Waals surface area contributed by atoms with Crippen molar-refractivity contribution in [2.75, 3.05) is 11.4 Å². The Hall–Kier alpha value is -2.47. The molecule has 23 heavy (non-hydrogen) atoms. The zero-order valence-electron chi connectivity index (χ0n) is 12.6. The molecule has 2 heterocycles. The number of hydrogen-bond donors (Lipinski definition) is 1. The Bertz CT molecular complexity index is 740. The van der Waals surface area contributed by atoms with Crippen molar-refractivity contribution >= 4 is 28.8 Å². The molecule has 0 bridgehead atoms. The second-order valence-electron chi connectivity index (χ2n) is 5.29. The Morgan fingerprint density at radius 1 is 1.43 bits per heavy atom. The molecule has 1 aliphatic heterocycles. The highest BCUT2D eigenvalue weighted by Crippen LogP contribution is 2.28. The van der Waals surface area contributed by atoms with E-state index in [4.69, 9.17) is 0 Å². The maximum absolute atomic E-state index is 12.3. The number of benzene rings is 1. The van der Waals surface area contributed by atoms with Crippen molar-refractivity contribution in [3.05, 3.63) is 58.6 Å². The number of fused-ring (bicyclic) bond motifs is 1. The number of rotatable bonds is 4. The lowest BCUT2D eigenvalue weighted by Crippen LogP contribution is -2.34. The molecule has 1 N–H and O–H groups in total. The van der Waals surface area contributed by atoms with Crippen LogP contribution < -0.4 is 10.2 Å². The van der Waals surface area contributed by atoms with E-state index in [-0.39, 0.29) is 11.8 Å². The van der Waals surface area contributed by atoms with Crippen LogP contribution in [-0.4, -0.2) is 23.3 Å². The molecule has 1 aliphatic rings. The smallest absolute Gasteiger partial charge is 0.251 e. The van der Waals surface area contributed by atoms with E-state index in [1.165, 1.54) is 17.4 Å². The lowest BCUT2D eigenvalue weighted by atomic mass is 9.98. The number of amides is 2. The maximum atomic E-state index is 12.3. The third-order valence-corrected chi connectivity index (χ3v) is 4.59. The van der Waals surface area contributed by atoms with Crippen LogP contribution in [0.5, 0.6) is 0 Å². The third kappa shape index (κ3) is 3.32. The van der Waals surface area contributed by atoms with Gasteiger partial charge in [-0.3, -0.25) is 14.6 Å². The SMILES string of the molecule is C=CC(=O)N1CCCc2cc(C(=O)NCc3cncs3)ccc21. The van der Waals surface area contributed by atoms with Crippen molar-refractivity contribution in [1.82, 2.24) is 10.3 Å². The van der Waals surface area contributed by atoms with Gasteiger partial charge in [-0.1, -0.05) is 6.58 Å². The molecule has 118 valence electrons. The molecule has 0 fully saturated rings. The van der Waals surface area contributed by atoms with Gasteiger partial charge in [-0.25, -0.2) is 0 Å². The van der Waals surface area contributed by atoms with Crippen molar-refractivity contribution in [3.8, 4) is 0 Å². The first-order valence-electron chi connectivity index (χ1n) is 7.41. The van der Waals surface area contributed by atoms with Gasteiger partial charge in [-0.15, -0.1) is 11.3 Å². The number of thiazole rings is 1. The molecule has 5 nitrogen and oxygen atoms in total. The average Bonchev–Trinajstić information content (AvgIpc) is 3.11. The summed E-state index contributed by atoms with van der Waals surface area (Å²) in [6.45, 7) is 4.71. The first-order chi connectivity index (χ1) is 11.2. The zero-order valence-corrected chi connectivity index (χ0v) is 13.4. The van der Waals surface area contributed by atoms with Crippen molar-refractivity contribution in [2.24, 2.45) is 0 Å². The summed E-state index contributed by atoms with van der Waals surface area (Å²) in [7, 11) is 0. The van der Waals surface area contributed by atoms with Crippen LogP contribution >= 0.6 is 11.3 Å². The van der Waals surface area contributed by atoms with Crippen LogP contribution in [0.15, 0.2) is 42.6 Å². The summed E-state index contributed by atoms with van der Waals surface area (Å²) in [4.78, 5) is 30.9. The Morgan fingerprint density at radius 3 is 3.04 bits per heavy atom. The van der Waals surface area contributed by atoms with E-state index in [1.54, 1.807) is 22.7 Å². The van der Waals surface area contributed by atoms with Gasteiger partial charge in [0.25, 0.3) is 5.91 Å². The van der Waals surface area contributed by atoms with Crippen LogP contribution in [0.25, 0.3) is 0 Å². The number of nitrogens with one attached hydrogen (secondary N) is 1. The summed E-state index contributed by atoms with van der Waals surface area (Å²) < 4.78 is 0. The summed E-state index contributed by atoms with van der Waals surface area (Å²) in [5.41, 5.74) is 4.25. The monoisotopic (exact) mass is 327 g/mol. The number of nitrogens with zero attached hydrogens (tertiary/aromatic N) is 2. The minimum Gasteiger partial charge on any atom is -0.347 e. The number of carbonyl (C=O) groups is 2. The first kappa shape index (κ1) is 15.4. The lowest BCUT2D eigenvalue weighted by molar-refractivity contribution is -0.114. The maximum Gasteiger partial charge on any atom is 0.251 e. The predicted octanol–water partition coefficient (Wildman–Crippen LogP) is 2.54. The summed E-state index contributed by atoms with van der Waals surface area (Å²) in [6.07, 6.45) is 4.83. The Labute approximate surface area is 138 Å². The van der Waals surface area contributed by atoms with Gasteiger partial charge >= 0.3 is 0 Å². The number of anilines is 1. The van der Waals surface area contributed by atoms with E-state index in [0.717, 1.165) is 29.0 Å². The fourth-order valence-electron chi connectivity index (χ4n) is 2.68. The highest BCUT2D eigenvalue weighted by Gasteiger charge is 2.21. The zero-order chi connectivity index (χ0) is 16.2. The minimum atomic E-state index is -0.117. The van der Waals surface area contributed by atoms with Crippen molar-refractivity contribution < 1.29 is 9.59 Å². The highest BCUT2D eigenvalue weighted by molar-refractivity contribution is 7.09. The van der Waals surface area contributed by atoms with Gasteiger partial charge in [0.1, 0.15) is 0 Å². The molecular formula is C17H17N3O2S. The van der Waals surface area contributed by atoms with Crippen LogP contribution in [0.2, 0.25) is 0 Å². The average molecular weight is 327 g/mol. The van der Waals surface area contributed by atoms with E-state index in [2.05, 4.69) is 16.9 Å². The summed E-state index contributed by atoms with van der Waals surface area (Å²) in [5.74, 6) is -0.221. The molecule has 3 rings (SSSR count). The van der Waals surface area contributed by atoms with E-state index in [0.29, 0.717) is 18.7 Å². The number of aromatic nitrogens is 1. The van der Waals surface area contributed by atoms with E-state index in [1.807, 2.05) is 12.1 Å².